The van der Waals surface area contributed by atoms with E-state index in [1.165, 1.54) is 32.1 Å². The molecule has 0 saturated carbocycles. The highest BCUT2D eigenvalue weighted by atomic mass is 16.6. The summed E-state index contributed by atoms with van der Waals surface area (Å²) in [6.07, 6.45) is 12.6. The molecule has 0 heterocycles. The maximum atomic E-state index is 11.5. The number of rotatable bonds is 14. The average Bonchev–Trinajstić information content (AvgIpc) is 2.46. The molecular weight excluding hydrogens is 252 g/mol. The number of hydrogen-bond donors (Lipinski definition) is 0. The molecule has 20 heavy (non-hydrogen) atoms. The molecule has 0 N–H and O–H groups in total. The fourth-order valence-electron chi connectivity index (χ4n) is 1.85. The van der Waals surface area contributed by atoms with Gasteiger partial charge in [-0.25, -0.2) is 4.79 Å². The van der Waals surface area contributed by atoms with Crippen LogP contribution >= 0.6 is 0 Å². The lowest BCUT2D eigenvalue weighted by Gasteiger charge is -2.11. The Morgan fingerprint density at radius 2 is 1.60 bits per heavy atom. The molecule has 0 aromatic heterocycles. The van der Waals surface area contributed by atoms with Crippen molar-refractivity contribution in [2.24, 2.45) is 0 Å². The molecule has 0 saturated heterocycles. The van der Waals surface area contributed by atoms with Gasteiger partial charge >= 0.3 is 5.97 Å². The van der Waals surface area contributed by atoms with Crippen LogP contribution in [0.2, 0.25) is 0 Å². The van der Waals surface area contributed by atoms with Crippen LogP contribution < -0.4 is 0 Å². The highest BCUT2D eigenvalue weighted by molar-refractivity contribution is 5.74. The second-order valence-corrected chi connectivity index (χ2v) is 4.98. The van der Waals surface area contributed by atoms with Crippen molar-refractivity contribution in [3.05, 3.63) is 25.3 Å². The molecule has 0 aliphatic rings. The molecule has 1 unspecified atom stereocenters. The summed E-state index contributed by atoms with van der Waals surface area (Å²) in [7, 11) is 0. The summed E-state index contributed by atoms with van der Waals surface area (Å²) in [4.78, 5) is 11.5. The second kappa shape index (κ2) is 14.3. The van der Waals surface area contributed by atoms with Gasteiger partial charge in [-0.1, -0.05) is 44.3 Å². The van der Waals surface area contributed by atoms with Crippen molar-refractivity contribution in [2.45, 2.75) is 64.4 Å². The molecule has 0 rings (SSSR count). The Bertz CT molecular complexity index is 261. The lowest BCUT2D eigenvalue weighted by atomic mass is 10.1. The van der Waals surface area contributed by atoms with Crippen LogP contribution in [0.15, 0.2) is 25.3 Å². The Balaban J connectivity index is 3.28. The molecule has 0 aromatic carbocycles. The molecule has 0 amide bonds. The third-order valence-electron chi connectivity index (χ3n) is 3.09. The summed E-state index contributed by atoms with van der Waals surface area (Å²) < 4.78 is 10.3. The fourth-order valence-corrected chi connectivity index (χ4v) is 1.85. The minimum Gasteiger partial charge on any atom is -0.464 e. The monoisotopic (exact) mass is 282 g/mol. The van der Waals surface area contributed by atoms with E-state index in [9.17, 15) is 4.79 Å². The number of carbonyl (C=O) groups excluding carboxylic acids is 1. The van der Waals surface area contributed by atoms with Gasteiger partial charge in [0.05, 0.1) is 13.2 Å². The van der Waals surface area contributed by atoms with E-state index in [0.29, 0.717) is 13.2 Å². The van der Waals surface area contributed by atoms with Crippen molar-refractivity contribution < 1.29 is 14.3 Å². The van der Waals surface area contributed by atoms with Gasteiger partial charge in [0.25, 0.3) is 0 Å². The molecule has 116 valence electrons. The number of carbonyl (C=O) groups is 1. The van der Waals surface area contributed by atoms with Crippen molar-refractivity contribution in [3.8, 4) is 0 Å². The normalized spacial score (nSPS) is 11.8. The first-order valence-electron chi connectivity index (χ1n) is 7.72. The van der Waals surface area contributed by atoms with Gasteiger partial charge in [0.1, 0.15) is 0 Å². The largest absolute Gasteiger partial charge is 0.464 e. The van der Waals surface area contributed by atoms with Gasteiger partial charge in [-0.2, -0.15) is 0 Å². The van der Waals surface area contributed by atoms with E-state index in [-0.39, 0.29) is 5.97 Å². The zero-order chi connectivity index (χ0) is 15.1. The summed E-state index contributed by atoms with van der Waals surface area (Å²) in [6, 6.07) is 0. The topological polar surface area (TPSA) is 35.5 Å². The molecule has 0 aliphatic heterocycles. The zero-order valence-corrected chi connectivity index (χ0v) is 12.9. The van der Waals surface area contributed by atoms with E-state index >= 15 is 0 Å². The third kappa shape index (κ3) is 12.0. The van der Waals surface area contributed by atoms with Crippen LogP contribution in [-0.4, -0.2) is 25.3 Å². The number of hydrogen-bond acceptors (Lipinski definition) is 3. The van der Waals surface area contributed by atoms with Crippen LogP contribution in [0.1, 0.15) is 58.3 Å². The Hall–Kier alpha value is -1.09. The molecule has 0 bridgehead atoms. The molecular formula is C17H30O3. The maximum Gasteiger partial charge on any atom is 0.334 e. The van der Waals surface area contributed by atoms with Crippen molar-refractivity contribution in [2.75, 3.05) is 13.2 Å². The lowest BCUT2D eigenvalue weighted by Crippen LogP contribution is -2.23. The Morgan fingerprint density at radius 3 is 2.20 bits per heavy atom. The van der Waals surface area contributed by atoms with Crippen LogP contribution in [0, 0.1) is 0 Å². The molecule has 0 spiro atoms. The predicted octanol–water partition coefficient (Wildman–Crippen LogP) is 4.43. The highest BCUT2D eigenvalue weighted by Crippen LogP contribution is 2.09. The first-order chi connectivity index (χ1) is 9.72. The SMILES string of the molecule is C=CCCCCCCCCCOC(=O)C(C)OCC=C. The predicted molar refractivity (Wildman–Crippen MR) is 83.7 cm³/mol. The molecule has 0 radical (unpaired) electrons. The minimum atomic E-state index is -0.502. The summed E-state index contributed by atoms with van der Waals surface area (Å²) in [6.45, 7) is 9.83. The third-order valence-corrected chi connectivity index (χ3v) is 3.09. The van der Waals surface area contributed by atoms with E-state index in [1.807, 2.05) is 6.08 Å². The lowest BCUT2D eigenvalue weighted by molar-refractivity contribution is -0.155. The van der Waals surface area contributed by atoms with Crippen LogP contribution in [0.4, 0.5) is 0 Å². The summed E-state index contributed by atoms with van der Waals surface area (Å²) >= 11 is 0. The summed E-state index contributed by atoms with van der Waals surface area (Å²) in [5.41, 5.74) is 0. The van der Waals surface area contributed by atoms with Crippen LogP contribution in [0.3, 0.4) is 0 Å². The first-order valence-corrected chi connectivity index (χ1v) is 7.72. The van der Waals surface area contributed by atoms with E-state index in [2.05, 4.69) is 13.2 Å². The highest BCUT2D eigenvalue weighted by Gasteiger charge is 2.13. The van der Waals surface area contributed by atoms with Gasteiger partial charge in [0.15, 0.2) is 6.10 Å². The molecule has 1 atom stereocenters. The van der Waals surface area contributed by atoms with Crippen LogP contribution in [0.5, 0.6) is 0 Å². The van der Waals surface area contributed by atoms with Gasteiger partial charge < -0.3 is 9.47 Å². The number of unbranched alkanes of at least 4 members (excludes halogenated alkanes) is 7. The number of ether oxygens (including phenoxy) is 2. The minimum absolute atomic E-state index is 0.281. The van der Waals surface area contributed by atoms with Gasteiger partial charge in [0, 0.05) is 0 Å². The fraction of sp³-hybridized carbons (Fsp3) is 0.706. The van der Waals surface area contributed by atoms with E-state index in [4.69, 9.17) is 9.47 Å². The Morgan fingerprint density at radius 1 is 1.00 bits per heavy atom. The van der Waals surface area contributed by atoms with Crippen LogP contribution in [0.25, 0.3) is 0 Å². The molecule has 0 fully saturated rings. The van der Waals surface area contributed by atoms with Crippen molar-refractivity contribution in [1.29, 1.82) is 0 Å². The van der Waals surface area contributed by atoms with Crippen molar-refractivity contribution in [1.82, 2.24) is 0 Å². The van der Waals surface area contributed by atoms with Gasteiger partial charge in [-0.15, -0.1) is 13.2 Å². The quantitative estimate of drug-likeness (QED) is 0.269. The van der Waals surface area contributed by atoms with Crippen molar-refractivity contribution >= 4 is 5.97 Å². The van der Waals surface area contributed by atoms with E-state index in [1.54, 1.807) is 13.0 Å². The van der Waals surface area contributed by atoms with E-state index in [0.717, 1.165) is 19.3 Å². The van der Waals surface area contributed by atoms with Crippen molar-refractivity contribution in [3.63, 3.8) is 0 Å². The van der Waals surface area contributed by atoms with Crippen LogP contribution in [-0.2, 0) is 14.3 Å². The summed E-state index contributed by atoms with van der Waals surface area (Å²) in [5.74, 6) is -0.281. The number of esters is 1. The zero-order valence-electron chi connectivity index (χ0n) is 12.9. The van der Waals surface area contributed by atoms with Gasteiger partial charge in [-0.05, 0) is 26.2 Å². The Labute approximate surface area is 124 Å². The molecule has 0 aliphatic carbocycles. The number of allylic oxidation sites excluding steroid dienone is 1. The first kappa shape index (κ1) is 18.9. The molecule has 3 heteroatoms. The molecule has 3 nitrogen and oxygen atoms in total. The van der Waals surface area contributed by atoms with E-state index < -0.39 is 6.10 Å². The second-order valence-electron chi connectivity index (χ2n) is 4.98. The maximum absolute atomic E-state index is 11.5. The van der Waals surface area contributed by atoms with Gasteiger partial charge in [0.2, 0.25) is 0 Å². The smallest absolute Gasteiger partial charge is 0.334 e. The summed E-state index contributed by atoms with van der Waals surface area (Å²) in [5, 5.41) is 0. The standard InChI is InChI=1S/C17H30O3/c1-4-6-7-8-9-10-11-12-13-15-20-17(18)16(3)19-14-5-2/h4-5,16H,1-2,6-15H2,3H3. The van der Waals surface area contributed by atoms with Gasteiger partial charge in [-0.3, -0.25) is 0 Å². The average molecular weight is 282 g/mol. The molecule has 0 aromatic rings. The Kier molecular flexibility index (Phi) is 13.5.